The van der Waals surface area contributed by atoms with Crippen molar-refractivity contribution in [2.24, 2.45) is 0 Å². The molecule has 5 aromatic heterocycles. The molecule has 5 heterocycles. The van der Waals surface area contributed by atoms with Gasteiger partial charge in [0.2, 0.25) is 11.9 Å². The summed E-state index contributed by atoms with van der Waals surface area (Å²) in [5, 5.41) is 9.09. The summed E-state index contributed by atoms with van der Waals surface area (Å²) >= 11 is 0. The summed E-state index contributed by atoms with van der Waals surface area (Å²) < 4.78 is 9.35. The third-order valence-corrected chi connectivity index (χ3v) is 14.2. The monoisotopic (exact) mass is 909 g/mol. The van der Waals surface area contributed by atoms with Crippen LogP contribution in [0.5, 0.6) is 0 Å². The predicted molar refractivity (Wildman–Crippen MR) is 296 cm³/mol. The van der Waals surface area contributed by atoms with E-state index in [4.69, 9.17) is 15.0 Å². The Balaban J connectivity index is 1.14. The standard InChI is InChI=1S/C64H43N7/c1-3-4-7-20-41(2)42-33-35-43(36-34-42)62-65-63(70-56-31-18-14-27-48(56)52-39-37-50-46-25-12-16-29-54(46)68(58(50)60(52)70)44-21-8-5-9-22-44)67-64(66-62)71-57-32-19-15-28-49(57)53-40-38-51-47-26-13-17-30-55(47)69(59(51)61(53)71)45-23-10-6-11-24-45/h3-40H,1H2,2H3/b7-4-,41-20+. The minimum Gasteiger partial charge on any atom is -0.307 e. The van der Waals surface area contributed by atoms with Crippen LogP contribution in [0.25, 0.3) is 127 Å². The fraction of sp³-hybridized carbons (Fsp3) is 0.0156. The van der Waals surface area contributed by atoms with Crippen LogP contribution in [0.1, 0.15) is 12.5 Å². The fourth-order valence-electron chi connectivity index (χ4n) is 11.0. The van der Waals surface area contributed by atoms with E-state index in [2.05, 4.69) is 244 Å². The Bertz CT molecular complexity index is 4270. The SMILES string of the molecule is C=C/C=C\C=C(/C)c1ccc(-c2nc(-n3c4ccccc4c4ccc5c6ccccc6n(-c6ccccc6)c5c43)nc(-n3c4ccccc4c4ccc5c6ccccc6n(-c6ccccc6)c5c43)n2)cc1. The van der Waals surface area contributed by atoms with Gasteiger partial charge in [-0.1, -0.05) is 189 Å². The number of hydrogen-bond acceptors (Lipinski definition) is 3. The first-order chi connectivity index (χ1) is 35.1. The van der Waals surface area contributed by atoms with E-state index in [-0.39, 0.29) is 0 Å². The van der Waals surface area contributed by atoms with Gasteiger partial charge in [0.15, 0.2) is 5.82 Å². The molecule has 0 aliphatic rings. The second-order valence-electron chi connectivity index (χ2n) is 18.1. The van der Waals surface area contributed by atoms with E-state index in [1.807, 2.05) is 12.2 Å². The Labute approximate surface area is 408 Å². The average molecular weight is 910 g/mol. The number of para-hydroxylation sites is 6. The molecule has 14 aromatic rings. The number of fused-ring (bicyclic) bond motifs is 14. The molecule has 0 radical (unpaired) electrons. The third kappa shape index (κ3) is 6.13. The maximum atomic E-state index is 5.72. The fourth-order valence-corrected chi connectivity index (χ4v) is 11.0. The molecule has 0 saturated heterocycles. The highest BCUT2D eigenvalue weighted by Crippen LogP contribution is 2.44. The Morgan fingerprint density at radius 1 is 0.366 bits per heavy atom. The molecule has 14 rings (SSSR count). The van der Waals surface area contributed by atoms with Gasteiger partial charge in [0.1, 0.15) is 0 Å². The molecule has 71 heavy (non-hydrogen) atoms. The summed E-state index contributed by atoms with van der Waals surface area (Å²) in [4.78, 5) is 16.8. The zero-order chi connectivity index (χ0) is 47.2. The molecule has 0 spiro atoms. The minimum absolute atomic E-state index is 0.519. The van der Waals surface area contributed by atoms with Gasteiger partial charge >= 0.3 is 0 Å². The summed E-state index contributed by atoms with van der Waals surface area (Å²) in [6.45, 7) is 5.96. The van der Waals surface area contributed by atoms with Gasteiger partial charge in [-0.15, -0.1) is 0 Å². The molecule has 0 bridgehead atoms. The lowest BCUT2D eigenvalue weighted by Crippen LogP contribution is -2.11. The van der Waals surface area contributed by atoms with Crippen molar-refractivity contribution in [1.82, 2.24) is 33.2 Å². The van der Waals surface area contributed by atoms with Crippen molar-refractivity contribution in [2.75, 3.05) is 0 Å². The van der Waals surface area contributed by atoms with Gasteiger partial charge in [0.05, 0.1) is 44.1 Å². The lowest BCUT2D eigenvalue weighted by atomic mass is 10.0. The van der Waals surface area contributed by atoms with Gasteiger partial charge in [-0.3, -0.25) is 9.13 Å². The van der Waals surface area contributed by atoms with E-state index in [1.54, 1.807) is 6.08 Å². The van der Waals surface area contributed by atoms with Crippen molar-refractivity contribution in [3.05, 3.63) is 243 Å². The van der Waals surface area contributed by atoms with E-state index in [9.17, 15) is 0 Å². The normalized spacial score (nSPS) is 12.4. The Morgan fingerprint density at radius 2 is 0.732 bits per heavy atom. The van der Waals surface area contributed by atoms with Gasteiger partial charge in [-0.2, -0.15) is 15.0 Å². The average Bonchev–Trinajstić information content (AvgIpc) is 4.17. The number of hydrogen-bond donors (Lipinski definition) is 0. The highest BCUT2D eigenvalue weighted by molar-refractivity contribution is 6.25. The second kappa shape index (κ2) is 16.0. The summed E-state index contributed by atoms with van der Waals surface area (Å²) in [5.74, 6) is 1.60. The van der Waals surface area contributed by atoms with Gasteiger partial charge in [0, 0.05) is 60.0 Å². The van der Waals surface area contributed by atoms with Crippen LogP contribution >= 0.6 is 0 Å². The quantitative estimate of drug-likeness (QED) is 0.143. The maximum Gasteiger partial charge on any atom is 0.240 e. The largest absolute Gasteiger partial charge is 0.307 e. The van der Waals surface area contributed by atoms with Crippen LogP contribution in [0.4, 0.5) is 0 Å². The summed E-state index contributed by atoms with van der Waals surface area (Å²) in [6, 6.07) is 73.6. The van der Waals surface area contributed by atoms with E-state index < -0.39 is 0 Å². The predicted octanol–water partition coefficient (Wildman–Crippen LogP) is 16.1. The van der Waals surface area contributed by atoms with Crippen LogP contribution in [0, 0.1) is 0 Å². The van der Waals surface area contributed by atoms with Crippen molar-refractivity contribution < 1.29 is 0 Å². The topological polar surface area (TPSA) is 58.4 Å². The molecule has 0 unspecified atom stereocenters. The number of benzene rings is 9. The maximum absolute atomic E-state index is 5.72. The zero-order valence-electron chi connectivity index (χ0n) is 38.8. The van der Waals surface area contributed by atoms with E-state index in [1.165, 1.54) is 10.8 Å². The summed E-state index contributed by atoms with van der Waals surface area (Å²) in [7, 11) is 0. The van der Waals surface area contributed by atoms with Crippen LogP contribution in [-0.4, -0.2) is 33.2 Å². The third-order valence-electron chi connectivity index (χ3n) is 14.2. The molecule has 9 aromatic carbocycles. The van der Waals surface area contributed by atoms with Crippen molar-refractivity contribution in [2.45, 2.75) is 6.92 Å². The van der Waals surface area contributed by atoms with Crippen molar-refractivity contribution in [3.63, 3.8) is 0 Å². The Kier molecular flexibility index (Phi) is 9.13. The first kappa shape index (κ1) is 40.5. The second-order valence-corrected chi connectivity index (χ2v) is 18.1. The molecular weight excluding hydrogens is 867 g/mol. The number of nitrogens with zero attached hydrogens (tertiary/aromatic N) is 7. The number of aromatic nitrogens is 7. The van der Waals surface area contributed by atoms with Crippen molar-refractivity contribution >= 4 is 92.8 Å². The van der Waals surface area contributed by atoms with Gasteiger partial charge in [-0.25, -0.2) is 0 Å². The lowest BCUT2D eigenvalue weighted by molar-refractivity contribution is 0.893. The van der Waals surface area contributed by atoms with Crippen molar-refractivity contribution in [3.8, 4) is 34.7 Å². The smallest absolute Gasteiger partial charge is 0.240 e. The van der Waals surface area contributed by atoms with E-state index in [0.29, 0.717) is 17.7 Å². The van der Waals surface area contributed by atoms with Crippen LogP contribution in [0.15, 0.2) is 237 Å². The lowest BCUT2D eigenvalue weighted by Gasteiger charge is -2.15. The first-order valence-electron chi connectivity index (χ1n) is 24.0. The van der Waals surface area contributed by atoms with Crippen LogP contribution < -0.4 is 0 Å². The molecule has 0 N–H and O–H groups in total. The van der Waals surface area contributed by atoms with Crippen LogP contribution in [0.2, 0.25) is 0 Å². The number of rotatable bonds is 8. The molecule has 7 nitrogen and oxygen atoms in total. The molecule has 0 aliphatic carbocycles. The molecule has 0 amide bonds. The van der Waals surface area contributed by atoms with Crippen LogP contribution in [0.3, 0.4) is 0 Å². The molecule has 334 valence electrons. The van der Waals surface area contributed by atoms with E-state index >= 15 is 0 Å². The Morgan fingerprint density at radius 3 is 1.14 bits per heavy atom. The molecular formula is C64H43N7. The molecule has 0 atom stereocenters. The summed E-state index contributed by atoms with van der Waals surface area (Å²) in [5.41, 5.74) is 13.7. The van der Waals surface area contributed by atoms with Gasteiger partial charge in [0.25, 0.3) is 0 Å². The van der Waals surface area contributed by atoms with Gasteiger partial charge < -0.3 is 9.13 Å². The van der Waals surface area contributed by atoms with Crippen molar-refractivity contribution in [1.29, 1.82) is 0 Å². The van der Waals surface area contributed by atoms with Gasteiger partial charge in [-0.05, 0) is 66.6 Å². The molecule has 0 fully saturated rings. The minimum atomic E-state index is 0.519. The highest BCUT2D eigenvalue weighted by Gasteiger charge is 2.26. The van der Waals surface area contributed by atoms with Crippen LogP contribution in [-0.2, 0) is 0 Å². The first-order valence-corrected chi connectivity index (χ1v) is 24.0. The number of allylic oxidation sites excluding steroid dienone is 5. The molecule has 0 saturated carbocycles. The summed E-state index contributed by atoms with van der Waals surface area (Å²) in [6.07, 6.45) is 7.84. The zero-order valence-corrected chi connectivity index (χ0v) is 38.8. The Hall–Kier alpha value is -9.59. The highest BCUT2D eigenvalue weighted by atomic mass is 15.3. The molecule has 7 heteroatoms. The van der Waals surface area contributed by atoms with E-state index in [0.717, 1.165) is 105 Å². The molecule has 0 aliphatic heterocycles.